The van der Waals surface area contributed by atoms with Crippen molar-refractivity contribution in [3.63, 3.8) is 0 Å². The first kappa shape index (κ1) is 27.9. The molecule has 2 aliphatic rings. The quantitative estimate of drug-likeness (QED) is 0.211. The Morgan fingerprint density at radius 1 is 0.860 bits per heavy atom. The lowest BCUT2D eigenvalue weighted by molar-refractivity contribution is -0.110. The van der Waals surface area contributed by atoms with Crippen molar-refractivity contribution in [3.8, 4) is 0 Å². The molecular weight excluding hydrogens is 540 g/mol. The number of hydrogen-bond donors (Lipinski definition) is 3. The van der Waals surface area contributed by atoms with E-state index in [9.17, 15) is 14.4 Å². The maximum Gasteiger partial charge on any atom is 0.257 e. The molecule has 1 fully saturated rings. The van der Waals surface area contributed by atoms with Gasteiger partial charge in [0.25, 0.3) is 11.8 Å². The molecule has 43 heavy (non-hydrogen) atoms. The first-order valence-electron chi connectivity index (χ1n) is 14.2. The number of fused-ring (bicyclic) bond motifs is 1. The number of rotatable bonds is 7. The summed E-state index contributed by atoms with van der Waals surface area (Å²) >= 11 is 0. The van der Waals surface area contributed by atoms with Crippen LogP contribution in [-0.2, 0) is 4.79 Å². The molecule has 0 saturated carbocycles. The van der Waals surface area contributed by atoms with E-state index in [2.05, 4.69) is 49.9 Å². The Hall–Kier alpha value is -5.28. The predicted molar refractivity (Wildman–Crippen MR) is 170 cm³/mol. The molecule has 4 aromatic rings. The number of aromatic nitrogens is 1. The molecule has 6 rings (SSSR count). The number of pyridine rings is 1. The molecule has 1 saturated heterocycles. The van der Waals surface area contributed by atoms with Crippen molar-refractivity contribution in [2.24, 2.45) is 0 Å². The van der Waals surface area contributed by atoms with Crippen LogP contribution in [-0.4, -0.2) is 60.7 Å². The number of carbonyl (C=O) groups excluding carboxylic acids is 3. The number of aryl methyl sites for hydroxylation is 1. The highest BCUT2D eigenvalue weighted by Gasteiger charge is 2.25. The van der Waals surface area contributed by atoms with Gasteiger partial charge >= 0.3 is 0 Å². The molecule has 1 aromatic heterocycles. The molecule has 0 atom stereocenters. The summed E-state index contributed by atoms with van der Waals surface area (Å²) in [5.74, 6) is -0.766. The largest absolute Gasteiger partial charge is 0.369 e. The van der Waals surface area contributed by atoms with E-state index in [1.54, 1.807) is 60.9 Å². The van der Waals surface area contributed by atoms with Crippen LogP contribution in [0.15, 0.2) is 91.4 Å². The van der Waals surface area contributed by atoms with E-state index < -0.39 is 0 Å². The number of hydrogen-bond acceptors (Lipinski definition) is 7. The van der Waals surface area contributed by atoms with E-state index in [4.69, 9.17) is 0 Å². The second-order valence-corrected chi connectivity index (χ2v) is 10.9. The Morgan fingerprint density at radius 2 is 1.63 bits per heavy atom. The van der Waals surface area contributed by atoms with Crippen LogP contribution in [0.25, 0.3) is 5.57 Å². The molecule has 2 amide bonds. The number of piperazine rings is 1. The standard InChI is InChI=1S/C34H32N6O3/c1-22-16-25(20-35-19-22)33(42)37-27-5-3-4-23(17-27)32(41)24-6-11-29-30(34(43)38-31(29)18-24)21-36-26-7-9-28(10-8-26)40-14-12-39(2)13-15-40/h3-11,16-21,36H,12-15H2,1-2H3,(H,37,42)(H,38,43). The Morgan fingerprint density at radius 3 is 2.40 bits per heavy atom. The summed E-state index contributed by atoms with van der Waals surface area (Å²) in [6, 6.07) is 21.9. The zero-order chi connectivity index (χ0) is 29.9. The third-order valence-electron chi connectivity index (χ3n) is 7.70. The van der Waals surface area contributed by atoms with E-state index >= 15 is 0 Å². The number of nitrogens with zero attached hydrogens (tertiary/aromatic N) is 3. The fourth-order valence-electron chi connectivity index (χ4n) is 5.25. The fraction of sp³-hybridized carbons (Fsp3) is 0.176. The summed E-state index contributed by atoms with van der Waals surface area (Å²) < 4.78 is 0. The highest BCUT2D eigenvalue weighted by atomic mass is 16.2. The van der Waals surface area contributed by atoms with Gasteiger partial charge in [-0.05, 0) is 68.1 Å². The summed E-state index contributed by atoms with van der Waals surface area (Å²) in [5, 5.41) is 8.94. The molecule has 0 unspecified atom stereocenters. The molecule has 3 aromatic carbocycles. The van der Waals surface area contributed by atoms with Crippen LogP contribution in [0.2, 0.25) is 0 Å². The second-order valence-electron chi connectivity index (χ2n) is 10.9. The van der Waals surface area contributed by atoms with E-state index in [1.165, 1.54) is 11.9 Å². The van der Waals surface area contributed by atoms with Crippen molar-refractivity contribution < 1.29 is 14.4 Å². The number of amides is 2. The van der Waals surface area contributed by atoms with E-state index in [0.717, 1.165) is 43.0 Å². The van der Waals surface area contributed by atoms with Gasteiger partial charge in [0, 0.05) is 84.2 Å². The lowest BCUT2D eigenvalue weighted by Gasteiger charge is -2.34. The summed E-state index contributed by atoms with van der Waals surface area (Å²) in [5.41, 5.74) is 6.51. The average molecular weight is 573 g/mol. The van der Waals surface area contributed by atoms with Crippen molar-refractivity contribution in [3.05, 3.63) is 119 Å². The first-order valence-corrected chi connectivity index (χ1v) is 14.2. The number of carbonyl (C=O) groups is 3. The van der Waals surface area contributed by atoms with Crippen molar-refractivity contribution in [2.75, 3.05) is 54.1 Å². The van der Waals surface area contributed by atoms with E-state index in [-0.39, 0.29) is 17.6 Å². The van der Waals surface area contributed by atoms with Crippen LogP contribution >= 0.6 is 0 Å². The summed E-state index contributed by atoms with van der Waals surface area (Å²) in [4.78, 5) is 47.6. The first-order chi connectivity index (χ1) is 20.8. The monoisotopic (exact) mass is 572 g/mol. The number of likely N-dealkylation sites (N-methyl/N-ethyl adjacent to an activating group) is 1. The highest BCUT2D eigenvalue weighted by molar-refractivity contribution is 6.32. The topological polar surface area (TPSA) is 107 Å². The molecule has 0 radical (unpaired) electrons. The lowest BCUT2D eigenvalue weighted by Crippen LogP contribution is -2.44. The van der Waals surface area contributed by atoms with Gasteiger partial charge in [-0.25, -0.2) is 0 Å². The number of ketones is 1. The number of benzene rings is 3. The minimum atomic E-state index is -0.306. The van der Waals surface area contributed by atoms with Gasteiger partial charge in [0.05, 0.1) is 11.1 Å². The minimum absolute atomic E-state index is 0.221. The van der Waals surface area contributed by atoms with E-state index in [1.807, 2.05) is 19.1 Å². The van der Waals surface area contributed by atoms with Crippen LogP contribution < -0.4 is 20.9 Å². The Kier molecular flexibility index (Phi) is 7.72. The summed E-state index contributed by atoms with van der Waals surface area (Å²) in [6.45, 7) is 5.97. The molecular formula is C34H32N6O3. The zero-order valence-corrected chi connectivity index (χ0v) is 24.1. The van der Waals surface area contributed by atoms with Gasteiger partial charge in [-0.3, -0.25) is 19.4 Å². The van der Waals surface area contributed by atoms with Gasteiger partial charge in [-0.1, -0.05) is 24.3 Å². The van der Waals surface area contributed by atoms with Crippen LogP contribution in [0.4, 0.5) is 22.7 Å². The molecule has 9 heteroatoms. The Labute approximate surface area is 250 Å². The van der Waals surface area contributed by atoms with Crippen LogP contribution in [0.1, 0.15) is 37.4 Å². The Bertz CT molecular complexity index is 1740. The van der Waals surface area contributed by atoms with Crippen molar-refractivity contribution in [1.29, 1.82) is 0 Å². The van der Waals surface area contributed by atoms with Gasteiger partial charge in [-0.2, -0.15) is 0 Å². The normalized spacial score (nSPS) is 15.6. The molecule has 216 valence electrons. The summed E-state index contributed by atoms with van der Waals surface area (Å²) in [7, 11) is 2.14. The van der Waals surface area contributed by atoms with Crippen LogP contribution in [0.5, 0.6) is 0 Å². The van der Waals surface area contributed by atoms with Gasteiger partial charge in [-0.15, -0.1) is 0 Å². The highest BCUT2D eigenvalue weighted by Crippen LogP contribution is 2.33. The Balaban J connectivity index is 1.14. The predicted octanol–water partition coefficient (Wildman–Crippen LogP) is 5.03. The third kappa shape index (κ3) is 6.17. The zero-order valence-electron chi connectivity index (χ0n) is 24.1. The number of nitrogens with one attached hydrogen (secondary N) is 3. The molecule has 0 bridgehead atoms. The maximum atomic E-state index is 13.4. The van der Waals surface area contributed by atoms with Crippen molar-refractivity contribution in [2.45, 2.75) is 6.92 Å². The van der Waals surface area contributed by atoms with Crippen LogP contribution in [0, 0.1) is 6.92 Å². The maximum absolute atomic E-state index is 13.4. The SMILES string of the molecule is Cc1cncc(C(=O)Nc2cccc(C(=O)c3ccc4c(c3)NC(=O)C4=CNc3ccc(N4CCN(C)CC4)cc3)c2)c1. The van der Waals surface area contributed by atoms with Gasteiger partial charge in [0.2, 0.25) is 0 Å². The van der Waals surface area contributed by atoms with Crippen LogP contribution in [0.3, 0.4) is 0 Å². The van der Waals surface area contributed by atoms with Crippen molar-refractivity contribution >= 4 is 45.9 Å². The molecule has 2 aliphatic heterocycles. The minimum Gasteiger partial charge on any atom is -0.369 e. The fourth-order valence-corrected chi connectivity index (χ4v) is 5.25. The molecule has 0 spiro atoms. The average Bonchev–Trinajstić information content (AvgIpc) is 3.34. The lowest BCUT2D eigenvalue weighted by atomic mass is 9.99. The van der Waals surface area contributed by atoms with Gasteiger partial charge < -0.3 is 25.8 Å². The molecule has 3 N–H and O–H groups in total. The molecule has 3 heterocycles. The molecule has 9 nitrogen and oxygen atoms in total. The second kappa shape index (κ2) is 11.9. The van der Waals surface area contributed by atoms with Crippen molar-refractivity contribution in [1.82, 2.24) is 9.88 Å². The third-order valence-corrected chi connectivity index (χ3v) is 7.70. The van der Waals surface area contributed by atoms with Gasteiger partial charge in [0.1, 0.15) is 0 Å². The smallest absolute Gasteiger partial charge is 0.257 e. The number of anilines is 4. The van der Waals surface area contributed by atoms with Gasteiger partial charge in [0.15, 0.2) is 5.78 Å². The molecule has 0 aliphatic carbocycles. The summed E-state index contributed by atoms with van der Waals surface area (Å²) in [6.07, 6.45) is 4.88. The van der Waals surface area contributed by atoms with E-state index in [0.29, 0.717) is 33.6 Å².